The molecule has 0 aliphatic rings. The fraction of sp³-hybridized carbons (Fsp3) is 0.471. The van der Waals surface area contributed by atoms with Crippen LogP contribution in [-0.4, -0.2) is 24.6 Å². The molecule has 21 heavy (non-hydrogen) atoms. The number of benzene rings is 1. The fourth-order valence-corrected chi connectivity index (χ4v) is 2.61. The SMILES string of the molecule is COC(=O)C(C)(C)CNCc1cc2c(C)cc(C)cc2[nH]1. The second-order valence-electron chi connectivity index (χ2n) is 6.32. The average Bonchev–Trinajstić information content (AvgIpc) is 2.80. The van der Waals surface area contributed by atoms with Crippen LogP contribution in [0.2, 0.25) is 0 Å². The lowest BCUT2D eigenvalue weighted by Gasteiger charge is -2.21. The zero-order valence-corrected chi connectivity index (χ0v) is 13.5. The minimum atomic E-state index is -0.521. The molecule has 2 rings (SSSR count). The van der Waals surface area contributed by atoms with Crippen LogP contribution >= 0.6 is 0 Å². The normalized spacial score (nSPS) is 11.9. The van der Waals surface area contributed by atoms with Crippen LogP contribution in [0.1, 0.15) is 30.7 Å². The third-order valence-electron chi connectivity index (χ3n) is 3.77. The van der Waals surface area contributed by atoms with Gasteiger partial charge >= 0.3 is 5.97 Å². The number of carbonyl (C=O) groups is 1. The van der Waals surface area contributed by atoms with Crippen molar-refractivity contribution >= 4 is 16.9 Å². The van der Waals surface area contributed by atoms with Gasteiger partial charge in [-0.1, -0.05) is 6.07 Å². The number of nitrogens with one attached hydrogen (secondary N) is 2. The van der Waals surface area contributed by atoms with Crippen molar-refractivity contribution < 1.29 is 9.53 Å². The van der Waals surface area contributed by atoms with Gasteiger partial charge in [-0.05, 0) is 51.0 Å². The van der Waals surface area contributed by atoms with Crippen LogP contribution in [0.5, 0.6) is 0 Å². The van der Waals surface area contributed by atoms with Gasteiger partial charge in [-0.25, -0.2) is 0 Å². The predicted molar refractivity (Wildman–Crippen MR) is 85.3 cm³/mol. The van der Waals surface area contributed by atoms with E-state index in [2.05, 4.69) is 42.3 Å². The zero-order valence-electron chi connectivity index (χ0n) is 13.5. The van der Waals surface area contributed by atoms with Gasteiger partial charge in [0, 0.05) is 29.7 Å². The highest BCUT2D eigenvalue weighted by atomic mass is 16.5. The van der Waals surface area contributed by atoms with E-state index in [1.54, 1.807) is 0 Å². The Morgan fingerprint density at radius 2 is 2.00 bits per heavy atom. The molecule has 1 aromatic carbocycles. The van der Waals surface area contributed by atoms with E-state index >= 15 is 0 Å². The van der Waals surface area contributed by atoms with Gasteiger partial charge in [-0.15, -0.1) is 0 Å². The molecule has 0 radical (unpaired) electrons. The van der Waals surface area contributed by atoms with Gasteiger partial charge in [0.2, 0.25) is 0 Å². The van der Waals surface area contributed by atoms with Gasteiger partial charge in [-0.2, -0.15) is 0 Å². The van der Waals surface area contributed by atoms with Crippen LogP contribution in [0.25, 0.3) is 10.9 Å². The van der Waals surface area contributed by atoms with Crippen LogP contribution in [0.15, 0.2) is 18.2 Å². The van der Waals surface area contributed by atoms with E-state index in [9.17, 15) is 4.79 Å². The second kappa shape index (κ2) is 5.90. The Hall–Kier alpha value is -1.81. The molecular weight excluding hydrogens is 264 g/mol. The summed E-state index contributed by atoms with van der Waals surface area (Å²) in [7, 11) is 1.42. The third kappa shape index (κ3) is 3.45. The van der Waals surface area contributed by atoms with Crippen LogP contribution < -0.4 is 5.32 Å². The van der Waals surface area contributed by atoms with Gasteiger partial charge < -0.3 is 15.0 Å². The van der Waals surface area contributed by atoms with Crippen molar-refractivity contribution in [3.63, 3.8) is 0 Å². The number of aromatic nitrogens is 1. The summed E-state index contributed by atoms with van der Waals surface area (Å²) in [5, 5.41) is 4.57. The Morgan fingerprint density at radius 3 is 2.67 bits per heavy atom. The highest BCUT2D eigenvalue weighted by Gasteiger charge is 2.28. The first-order valence-electron chi connectivity index (χ1n) is 7.21. The molecule has 1 heterocycles. The standard InChI is InChI=1S/C17H24N2O2/c1-11-6-12(2)14-8-13(19-15(14)7-11)9-18-10-17(3,4)16(20)21-5/h6-8,18-19H,9-10H2,1-5H3. The summed E-state index contributed by atoms with van der Waals surface area (Å²) >= 11 is 0. The molecule has 0 spiro atoms. The number of aromatic amines is 1. The zero-order chi connectivity index (χ0) is 15.6. The highest BCUT2D eigenvalue weighted by molar-refractivity contribution is 5.84. The molecular formula is C17H24N2O2. The first kappa shape index (κ1) is 15.6. The number of aryl methyl sites for hydroxylation is 2. The number of methoxy groups -OCH3 is 1. The van der Waals surface area contributed by atoms with E-state index in [0.29, 0.717) is 13.1 Å². The largest absolute Gasteiger partial charge is 0.469 e. The first-order valence-corrected chi connectivity index (χ1v) is 7.21. The summed E-state index contributed by atoms with van der Waals surface area (Å²) in [5.41, 5.74) is 4.30. The molecule has 0 fully saturated rings. The number of hydrogen-bond acceptors (Lipinski definition) is 3. The number of ether oxygens (including phenoxy) is 1. The molecule has 0 aliphatic carbocycles. The molecule has 0 bridgehead atoms. The minimum Gasteiger partial charge on any atom is -0.469 e. The van der Waals surface area contributed by atoms with Gasteiger partial charge in [0.25, 0.3) is 0 Å². The number of fused-ring (bicyclic) bond motifs is 1. The lowest BCUT2D eigenvalue weighted by Crippen LogP contribution is -2.36. The van der Waals surface area contributed by atoms with Crippen molar-refractivity contribution in [2.45, 2.75) is 34.2 Å². The fourth-order valence-electron chi connectivity index (χ4n) is 2.61. The lowest BCUT2D eigenvalue weighted by molar-refractivity contribution is -0.150. The van der Waals surface area contributed by atoms with Crippen molar-refractivity contribution in [3.8, 4) is 0 Å². The molecule has 1 aromatic heterocycles. The van der Waals surface area contributed by atoms with Crippen molar-refractivity contribution in [3.05, 3.63) is 35.0 Å². The lowest BCUT2D eigenvalue weighted by atomic mass is 9.94. The second-order valence-corrected chi connectivity index (χ2v) is 6.32. The number of hydrogen-bond donors (Lipinski definition) is 2. The molecule has 114 valence electrons. The average molecular weight is 288 g/mol. The Morgan fingerprint density at radius 1 is 1.29 bits per heavy atom. The van der Waals surface area contributed by atoms with Crippen LogP contribution in [-0.2, 0) is 16.1 Å². The Balaban J connectivity index is 2.04. The van der Waals surface area contributed by atoms with Gasteiger partial charge in [0.15, 0.2) is 0 Å². The molecule has 4 heteroatoms. The Labute approximate surface area is 125 Å². The molecule has 2 N–H and O–H groups in total. The molecule has 0 saturated heterocycles. The summed E-state index contributed by atoms with van der Waals surface area (Å²) < 4.78 is 4.81. The molecule has 4 nitrogen and oxygen atoms in total. The number of H-pyrrole nitrogens is 1. The topological polar surface area (TPSA) is 54.1 Å². The van der Waals surface area contributed by atoms with E-state index < -0.39 is 5.41 Å². The smallest absolute Gasteiger partial charge is 0.312 e. The van der Waals surface area contributed by atoms with E-state index in [-0.39, 0.29) is 5.97 Å². The van der Waals surface area contributed by atoms with Crippen molar-refractivity contribution in [1.29, 1.82) is 0 Å². The van der Waals surface area contributed by atoms with Crippen LogP contribution in [0, 0.1) is 19.3 Å². The van der Waals surface area contributed by atoms with Crippen molar-refractivity contribution in [1.82, 2.24) is 10.3 Å². The summed E-state index contributed by atoms with van der Waals surface area (Å²) in [6.07, 6.45) is 0. The van der Waals surface area contributed by atoms with E-state index in [1.807, 2.05) is 13.8 Å². The molecule has 0 atom stereocenters. The summed E-state index contributed by atoms with van der Waals surface area (Å²) in [4.78, 5) is 15.1. The van der Waals surface area contributed by atoms with Gasteiger partial charge in [0.05, 0.1) is 12.5 Å². The number of carbonyl (C=O) groups excluding carboxylic acids is 1. The van der Waals surface area contributed by atoms with Crippen molar-refractivity contribution in [2.24, 2.45) is 5.41 Å². The molecule has 0 saturated carbocycles. The molecule has 0 unspecified atom stereocenters. The van der Waals surface area contributed by atoms with Crippen LogP contribution in [0.4, 0.5) is 0 Å². The summed E-state index contributed by atoms with van der Waals surface area (Å²) in [6, 6.07) is 6.51. The predicted octanol–water partition coefficient (Wildman–Crippen LogP) is 3.07. The Bertz CT molecular complexity index is 656. The highest BCUT2D eigenvalue weighted by Crippen LogP contribution is 2.22. The van der Waals surface area contributed by atoms with Crippen LogP contribution in [0.3, 0.4) is 0 Å². The summed E-state index contributed by atoms with van der Waals surface area (Å²) in [6.45, 7) is 9.26. The molecule has 0 amide bonds. The monoisotopic (exact) mass is 288 g/mol. The maximum Gasteiger partial charge on any atom is 0.312 e. The number of rotatable bonds is 5. The van der Waals surface area contributed by atoms with E-state index in [0.717, 1.165) is 11.2 Å². The minimum absolute atomic E-state index is 0.196. The first-order chi connectivity index (χ1) is 9.83. The van der Waals surface area contributed by atoms with Gasteiger partial charge in [0.1, 0.15) is 0 Å². The van der Waals surface area contributed by atoms with Crippen molar-refractivity contribution in [2.75, 3.05) is 13.7 Å². The van der Waals surface area contributed by atoms with E-state index in [4.69, 9.17) is 4.74 Å². The maximum atomic E-state index is 11.6. The summed E-state index contributed by atoms with van der Waals surface area (Å²) in [5.74, 6) is -0.196. The third-order valence-corrected chi connectivity index (χ3v) is 3.77. The number of esters is 1. The Kier molecular flexibility index (Phi) is 4.37. The maximum absolute atomic E-state index is 11.6. The molecule has 2 aromatic rings. The molecule has 0 aliphatic heterocycles. The van der Waals surface area contributed by atoms with Gasteiger partial charge in [-0.3, -0.25) is 4.79 Å². The quantitative estimate of drug-likeness (QED) is 0.831. The van der Waals surface area contributed by atoms with E-state index in [1.165, 1.54) is 23.6 Å².